The van der Waals surface area contributed by atoms with Gasteiger partial charge in [-0.1, -0.05) is 42.1 Å². The molecule has 1 amide bonds. The van der Waals surface area contributed by atoms with E-state index < -0.39 is 0 Å². The first-order valence-corrected chi connectivity index (χ1v) is 9.59. The molecule has 0 atom stereocenters. The fraction of sp³-hybridized carbons (Fsp3) is 0.316. The Balaban J connectivity index is 1.28. The number of nitrogens with one attached hydrogen (secondary N) is 1. The molecule has 0 radical (unpaired) electrons. The zero-order valence-electron chi connectivity index (χ0n) is 14.3. The van der Waals surface area contributed by atoms with Crippen LogP contribution in [-0.2, 0) is 16.8 Å². The average molecular weight is 368 g/mol. The lowest BCUT2D eigenvalue weighted by Crippen LogP contribution is -2.33. The number of amides is 1. The van der Waals surface area contributed by atoms with Gasteiger partial charge in [0.2, 0.25) is 5.91 Å². The molecule has 1 N–H and O–H groups in total. The maximum absolute atomic E-state index is 12.3. The third-order valence-corrected chi connectivity index (χ3v) is 5.66. The minimum Gasteiger partial charge on any atom is -0.467 e. The second-order valence-electron chi connectivity index (χ2n) is 6.53. The molecule has 6 nitrogen and oxygen atoms in total. The van der Waals surface area contributed by atoms with E-state index in [1.807, 2.05) is 22.8 Å². The molecule has 7 heteroatoms. The van der Waals surface area contributed by atoms with E-state index in [-0.39, 0.29) is 11.3 Å². The molecule has 0 saturated heterocycles. The number of hydrogen-bond acceptors (Lipinski definition) is 5. The second kappa shape index (κ2) is 7.37. The largest absolute Gasteiger partial charge is 0.467 e. The molecule has 0 spiro atoms. The Labute approximate surface area is 156 Å². The number of carbonyl (C=O) groups is 1. The Morgan fingerprint density at radius 3 is 2.81 bits per heavy atom. The van der Waals surface area contributed by atoms with E-state index in [0.29, 0.717) is 24.0 Å². The van der Waals surface area contributed by atoms with Gasteiger partial charge in [0.1, 0.15) is 12.1 Å². The lowest BCUT2D eigenvalue weighted by Gasteiger charge is -2.16. The highest BCUT2D eigenvalue weighted by Crippen LogP contribution is 2.47. The van der Waals surface area contributed by atoms with Crippen LogP contribution in [0.25, 0.3) is 0 Å². The van der Waals surface area contributed by atoms with Crippen LogP contribution in [0.1, 0.15) is 24.2 Å². The molecule has 1 aliphatic carbocycles. The van der Waals surface area contributed by atoms with Crippen molar-refractivity contribution in [2.45, 2.75) is 30.0 Å². The first-order chi connectivity index (χ1) is 12.8. The molecular weight excluding hydrogens is 348 g/mol. The summed E-state index contributed by atoms with van der Waals surface area (Å²) in [5.41, 5.74) is 1.44. The van der Waals surface area contributed by atoms with Gasteiger partial charge in [-0.15, -0.1) is 10.2 Å². The highest BCUT2D eigenvalue weighted by Gasteiger charge is 2.44. The van der Waals surface area contributed by atoms with Gasteiger partial charge in [-0.05, 0) is 30.5 Å². The van der Waals surface area contributed by atoms with E-state index in [0.717, 1.165) is 18.6 Å². The molecular formula is C19H20N4O2S. The molecule has 134 valence electrons. The van der Waals surface area contributed by atoms with Crippen LogP contribution in [-0.4, -0.2) is 33.0 Å². The number of nitrogens with zero attached hydrogens (tertiary/aromatic N) is 3. The fourth-order valence-corrected chi connectivity index (χ4v) is 3.74. The summed E-state index contributed by atoms with van der Waals surface area (Å²) < 4.78 is 7.23. The molecule has 1 aliphatic rings. The number of thioether (sulfide) groups is 1. The lowest BCUT2D eigenvalue weighted by atomic mass is 9.96. The molecule has 0 aliphatic heterocycles. The predicted molar refractivity (Wildman–Crippen MR) is 98.9 cm³/mol. The molecule has 26 heavy (non-hydrogen) atoms. The van der Waals surface area contributed by atoms with E-state index in [1.54, 1.807) is 12.6 Å². The molecule has 1 aromatic carbocycles. The van der Waals surface area contributed by atoms with E-state index in [9.17, 15) is 4.79 Å². The van der Waals surface area contributed by atoms with E-state index in [1.165, 1.54) is 17.3 Å². The summed E-state index contributed by atoms with van der Waals surface area (Å²) in [6, 6.07) is 14.2. The van der Waals surface area contributed by atoms with Crippen molar-refractivity contribution in [1.29, 1.82) is 0 Å². The highest BCUT2D eigenvalue weighted by atomic mass is 32.2. The molecule has 1 saturated carbocycles. The van der Waals surface area contributed by atoms with Crippen LogP contribution < -0.4 is 5.32 Å². The van der Waals surface area contributed by atoms with Gasteiger partial charge in [0.15, 0.2) is 5.16 Å². The first kappa shape index (κ1) is 16.9. The van der Waals surface area contributed by atoms with Crippen molar-refractivity contribution in [3.05, 3.63) is 66.4 Å². The number of benzene rings is 1. The van der Waals surface area contributed by atoms with E-state index >= 15 is 0 Å². The molecule has 2 heterocycles. The van der Waals surface area contributed by atoms with E-state index in [2.05, 4.69) is 39.8 Å². The quantitative estimate of drug-likeness (QED) is 0.619. The fourth-order valence-electron chi connectivity index (χ4n) is 2.99. The van der Waals surface area contributed by atoms with Crippen molar-refractivity contribution in [3.8, 4) is 0 Å². The Morgan fingerprint density at radius 2 is 2.08 bits per heavy atom. The zero-order valence-corrected chi connectivity index (χ0v) is 15.1. The van der Waals surface area contributed by atoms with Crippen LogP contribution in [0.15, 0.2) is 64.6 Å². The van der Waals surface area contributed by atoms with Crippen molar-refractivity contribution in [2.75, 3.05) is 12.3 Å². The maximum Gasteiger partial charge on any atom is 0.230 e. The van der Waals surface area contributed by atoms with Crippen LogP contribution in [0.3, 0.4) is 0 Å². The Kier molecular flexibility index (Phi) is 4.79. The van der Waals surface area contributed by atoms with Crippen LogP contribution in [0.2, 0.25) is 0 Å². The summed E-state index contributed by atoms with van der Waals surface area (Å²) in [4.78, 5) is 12.3. The van der Waals surface area contributed by atoms with Crippen LogP contribution in [0, 0.1) is 0 Å². The molecule has 1 fully saturated rings. The van der Waals surface area contributed by atoms with Crippen LogP contribution >= 0.6 is 11.8 Å². The molecule has 0 bridgehead atoms. The number of aromatic nitrogens is 3. The van der Waals surface area contributed by atoms with E-state index in [4.69, 9.17) is 4.42 Å². The normalized spacial score (nSPS) is 14.9. The minimum atomic E-state index is 0.0183. The van der Waals surface area contributed by atoms with Crippen molar-refractivity contribution in [2.24, 2.45) is 0 Å². The second-order valence-corrected chi connectivity index (χ2v) is 7.48. The average Bonchev–Trinajstić information content (AvgIpc) is 3.06. The van der Waals surface area contributed by atoms with Gasteiger partial charge >= 0.3 is 0 Å². The third-order valence-electron chi connectivity index (χ3n) is 4.68. The minimum absolute atomic E-state index is 0.0183. The Morgan fingerprint density at radius 1 is 1.23 bits per heavy atom. The standard InChI is InChI=1S/C19H20N4O2S/c24-17(20-13-19(8-9-19)15-5-2-1-3-6-15)12-26-18-22-21-14-23(18)11-16-7-4-10-25-16/h1-7,10,14H,8-9,11-13H2,(H,20,24). The topological polar surface area (TPSA) is 73.0 Å². The number of carbonyl (C=O) groups excluding carboxylic acids is 1. The lowest BCUT2D eigenvalue weighted by molar-refractivity contribution is -0.118. The number of furan rings is 1. The summed E-state index contributed by atoms with van der Waals surface area (Å²) >= 11 is 1.39. The zero-order chi connectivity index (χ0) is 17.8. The van der Waals surface area contributed by atoms with Crippen molar-refractivity contribution in [3.63, 3.8) is 0 Å². The SMILES string of the molecule is O=C(CSc1nncn1Cc1ccco1)NCC1(c2ccccc2)CC1. The monoisotopic (exact) mass is 368 g/mol. The first-order valence-electron chi connectivity index (χ1n) is 8.60. The third kappa shape index (κ3) is 3.83. The molecule has 3 aromatic rings. The van der Waals surface area contributed by atoms with Gasteiger partial charge in [-0.25, -0.2) is 0 Å². The van der Waals surface area contributed by atoms with Crippen LogP contribution in [0.4, 0.5) is 0 Å². The number of hydrogen-bond donors (Lipinski definition) is 1. The molecule has 0 unspecified atom stereocenters. The van der Waals surface area contributed by atoms with Gasteiger partial charge < -0.3 is 14.3 Å². The number of rotatable bonds is 8. The Hall–Kier alpha value is -2.54. The van der Waals surface area contributed by atoms with Crippen molar-refractivity contribution >= 4 is 17.7 Å². The summed E-state index contributed by atoms with van der Waals surface area (Å²) in [5.74, 6) is 1.17. The summed E-state index contributed by atoms with van der Waals surface area (Å²) in [7, 11) is 0. The van der Waals surface area contributed by atoms with Gasteiger partial charge in [0, 0.05) is 12.0 Å². The van der Waals surface area contributed by atoms with Gasteiger partial charge in [0.05, 0.1) is 18.6 Å². The summed E-state index contributed by atoms with van der Waals surface area (Å²) in [5, 5.41) is 11.8. The van der Waals surface area contributed by atoms with Gasteiger partial charge in [-0.3, -0.25) is 4.79 Å². The predicted octanol–water partition coefficient (Wildman–Crippen LogP) is 2.86. The molecule has 4 rings (SSSR count). The van der Waals surface area contributed by atoms with Crippen LogP contribution in [0.5, 0.6) is 0 Å². The summed E-state index contributed by atoms with van der Waals surface area (Å²) in [6.45, 7) is 1.25. The molecule has 2 aromatic heterocycles. The summed E-state index contributed by atoms with van der Waals surface area (Å²) in [6.07, 6.45) is 5.54. The smallest absolute Gasteiger partial charge is 0.230 e. The van der Waals surface area contributed by atoms with Crippen molar-refractivity contribution in [1.82, 2.24) is 20.1 Å². The van der Waals surface area contributed by atoms with Crippen molar-refractivity contribution < 1.29 is 9.21 Å². The van der Waals surface area contributed by atoms with Gasteiger partial charge in [0.25, 0.3) is 0 Å². The Bertz CT molecular complexity index is 857. The maximum atomic E-state index is 12.3. The highest BCUT2D eigenvalue weighted by molar-refractivity contribution is 7.99. The van der Waals surface area contributed by atoms with Gasteiger partial charge in [-0.2, -0.15) is 0 Å².